The topological polar surface area (TPSA) is 73.0 Å². The second kappa shape index (κ2) is 11.6. The van der Waals surface area contributed by atoms with Gasteiger partial charge in [0.1, 0.15) is 11.2 Å². The number of carbonyl (C=O) groups excluding carboxylic acids is 3. The Morgan fingerprint density at radius 2 is 1.85 bits per heavy atom. The van der Waals surface area contributed by atoms with E-state index in [1.165, 1.54) is 17.8 Å². The summed E-state index contributed by atoms with van der Waals surface area (Å²) >= 11 is 1.46. The Kier molecular flexibility index (Phi) is 8.16. The molecule has 1 N–H and O–H groups in total. The predicted molar refractivity (Wildman–Crippen MR) is 152 cm³/mol. The van der Waals surface area contributed by atoms with E-state index >= 15 is 0 Å². The Labute approximate surface area is 234 Å². The normalized spacial score (nSPS) is 21.9. The number of hydrogen-bond acceptors (Lipinski definition) is 4. The van der Waals surface area contributed by atoms with Crippen molar-refractivity contribution in [3.8, 4) is 0 Å². The molecule has 2 fully saturated rings. The number of para-hydroxylation sites is 1. The molecule has 0 radical (unpaired) electrons. The number of urea groups is 1. The summed E-state index contributed by atoms with van der Waals surface area (Å²) in [6.07, 6.45) is 2.39. The highest BCUT2D eigenvalue weighted by molar-refractivity contribution is 8.01. The van der Waals surface area contributed by atoms with Crippen molar-refractivity contribution in [3.63, 3.8) is 0 Å². The van der Waals surface area contributed by atoms with Crippen LogP contribution in [0.2, 0.25) is 0 Å². The van der Waals surface area contributed by atoms with Gasteiger partial charge in [0, 0.05) is 44.3 Å². The lowest BCUT2D eigenvalue weighted by Gasteiger charge is -2.40. The van der Waals surface area contributed by atoms with Gasteiger partial charge < -0.3 is 20.0 Å². The molecule has 2 unspecified atom stereocenters. The van der Waals surface area contributed by atoms with Crippen LogP contribution in [0.25, 0.3) is 0 Å². The van der Waals surface area contributed by atoms with Crippen LogP contribution < -0.4 is 5.32 Å². The Balaban J connectivity index is 1.21. The molecule has 2 saturated heterocycles. The van der Waals surface area contributed by atoms with E-state index in [4.69, 9.17) is 0 Å². The molecule has 3 heterocycles. The molecular formula is C30H37FN4O3S. The summed E-state index contributed by atoms with van der Waals surface area (Å²) in [6.45, 7) is 8.26. The van der Waals surface area contributed by atoms with Crippen LogP contribution in [-0.2, 0) is 16.1 Å². The zero-order valence-corrected chi connectivity index (χ0v) is 23.7. The molecule has 0 aromatic heterocycles. The molecule has 0 spiro atoms. The highest BCUT2D eigenvalue weighted by atomic mass is 32.2. The van der Waals surface area contributed by atoms with E-state index < -0.39 is 5.25 Å². The first-order valence-corrected chi connectivity index (χ1v) is 14.8. The summed E-state index contributed by atoms with van der Waals surface area (Å²) in [6, 6.07) is 12.8. The lowest BCUT2D eigenvalue weighted by Crippen LogP contribution is -2.51. The number of benzene rings is 2. The van der Waals surface area contributed by atoms with E-state index in [1.807, 2.05) is 45.0 Å². The van der Waals surface area contributed by atoms with Gasteiger partial charge in [0.2, 0.25) is 11.8 Å². The van der Waals surface area contributed by atoms with Crippen LogP contribution in [0.5, 0.6) is 0 Å². The number of anilines is 1. The second-order valence-corrected chi connectivity index (χ2v) is 12.5. The number of halogens is 1. The van der Waals surface area contributed by atoms with E-state index in [-0.39, 0.29) is 41.5 Å². The van der Waals surface area contributed by atoms with E-state index in [1.54, 1.807) is 13.0 Å². The van der Waals surface area contributed by atoms with Crippen molar-refractivity contribution in [1.82, 2.24) is 14.7 Å². The molecule has 0 saturated carbocycles. The predicted octanol–water partition coefficient (Wildman–Crippen LogP) is 5.55. The molecule has 9 heteroatoms. The summed E-state index contributed by atoms with van der Waals surface area (Å²) in [5.74, 6) is 0.0708. The van der Waals surface area contributed by atoms with Crippen LogP contribution in [0, 0.1) is 18.7 Å². The summed E-state index contributed by atoms with van der Waals surface area (Å²) in [5.41, 5.74) is 3.31. The van der Waals surface area contributed by atoms with Gasteiger partial charge in [0.05, 0.1) is 5.25 Å². The van der Waals surface area contributed by atoms with Gasteiger partial charge in [-0.1, -0.05) is 44.2 Å². The van der Waals surface area contributed by atoms with Crippen molar-refractivity contribution in [2.45, 2.75) is 69.7 Å². The largest absolute Gasteiger partial charge is 0.342 e. The van der Waals surface area contributed by atoms with E-state index in [0.29, 0.717) is 50.5 Å². The molecule has 7 nitrogen and oxygen atoms in total. The van der Waals surface area contributed by atoms with Crippen molar-refractivity contribution >= 4 is 35.3 Å². The van der Waals surface area contributed by atoms with Crippen molar-refractivity contribution in [2.24, 2.45) is 5.92 Å². The first kappa shape index (κ1) is 27.5. The molecule has 3 aliphatic rings. The summed E-state index contributed by atoms with van der Waals surface area (Å²) < 4.78 is 14.4. The number of nitrogens with one attached hydrogen (secondary N) is 1. The number of amides is 4. The van der Waals surface area contributed by atoms with Crippen LogP contribution >= 0.6 is 11.8 Å². The molecule has 3 aliphatic heterocycles. The minimum Gasteiger partial charge on any atom is -0.342 e. The maximum Gasteiger partial charge on any atom is 0.322 e. The number of piperidine rings is 1. The third kappa shape index (κ3) is 5.78. The molecule has 5 rings (SSSR count). The van der Waals surface area contributed by atoms with Gasteiger partial charge in [-0.15, -0.1) is 11.8 Å². The lowest BCUT2D eigenvalue weighted by molar-refractivity contribution is -0.137. The lowest BCUT2D eigenvalue weighted by atomic mass is 10.0. The summed E-state index contributed by atoms with van der Waals surface area (Å²) in [7, 11) is 0. The van der Waals surface area contributed by atoms with Gasteiger partial charge in [0.15, 0.2) is 0 Å². The average molecular weight is 553 g/mol. The quantitative estimate of drug-likeness (QED) is 0.489. The fourth-order valence-corrected chi connectivity index (χ4v) is 7.27. The van der Waals surface area contributed by atoms with Gasteiger partial charge in [-0.2, -0.15) is 0 Å². The smallest absolute Gasteiger partial charge is 0.322 e. The summed E-state index contributed by atoms with van der Waals surface area (Å²) in [5, 5.41) is 2.20. The maximum atomic E-state index is 14.4. The monoisotopic (exact) mass is 552 g/mol. The number of hydrogen-bond donors (Lipinski definition) is 1. The molecule has 0 aliphatic carbocycles. The van der Waals surface area contributed by atoms with Crippen LogP contribution in [0.3, 0.4) is 0 Å². The van der Waals surface area contributed by atoms with Gasteiger partial charge in [-0.25, -0.2) is 9.18 Å². The Morgan fingerprint density at radius 3 is 2.59 bits per heavy atom. The highest BCUT2D eigenvalue weighted by Gasteiger charge is 2.43. The van der Waals surface area contributed by atoms with Crippen LogP contribution in [0.1, 0.15) is 61.6 Å². The standard InChI is InChI=1S/C30H37FN4O3S/c1-19(2)11-16-34-28(37)26(39-29(34)23-8-6-9-24(31)20(23)3)17-27(36)33-14-12-22(13-15-33)35-18-21-7-4-5-10-25(21)32-30(35)38/h4-10,19,22,26,29H,11-18H2,1-3H3,(H,32,38). The molecule has 208 valence electrons. The van der Waals surface area contributed by atoms with Crippen molar-refractivity contribution in [2.75, 3.05) is 25.0 Å². The SMILES string of the molecule is Cc1c(F)cccc1C1SC(CC(=O)N2CCC(N3Cc4ccccc4NC3=O)CC2)C(=O)N1CCC(C)C. The van der Waals surface area contributed by atoms with E-state index in [9.17, 15) is 18.8 Å². The van der Waals surface area contributed by atoms with Crippen LogP contribution in [0.15, 0.2) is 42.5 Å². The number of nitrogens with zero attached hydrogens (tertiary/aromatic N) is 3. The van der Waals surface area contributed by atoms with Gasteiger partial charge in [-0.05, 0) is 60.9 Å². The van der Waals surface area contributed by atoms with Crippen LogP contribution in [-0.4, -0.2) is 63.5 Å². The Morgan fingerprint density at radius 1 is 1.10 bits per heavy atom. The Hall–Kier alpha value is -3.07. The zero-order chi connectivity index (χ0) is 27.7. The third-order valence-electron chi connectivity index (χ3n) is 8.14. The number of thioether (sulfide) groups is 1. The number of likely N-dealkylation sites (tertiary alicyclic amines) is 1. The van der Waals surface area contributed by atoms with Gasteiger partial charge in [-0.3, -0.25) is 9.59 Å². The Bertz CT molecular complexity index is 1250. The molecule has 2 aromatic carbocycles. The average Bonchev–Trinajstić information content (AvgIpc) is 3.23. The molecule has 0 bridgehead atoms. The molecule has 2 aromatic rings. The highest BCUT2D eigenvalue weighted by Crippen LogP contribution is 2.46. The molecule has 2 atom stereocenters. The first-order chi connectivity index (χ1) is 18.7. The first-order valence-electron chi connectivity index (χ1n) is 13.9. The fraction of sp³-hybridized carbons (Fsp3) is 0.500. The molecule has 39 heavy (non-hydrogen) atoms. The zero-order valence-electron chi connectivity index (χ0n) is 22.9. The summed E-state index contributed by atoms with van der Waals surface area (Å²) in [4.78, 5) is 45.1. The van der Waals surface area contributed by atoms with E-state index in [0.717, 1.165) is 23.2 Å². The van der Waals surface area contributed by atoms with Crippen LogP contribution in [0.4, 0.5) is 14.9 Å². The number of carbonyl (C=O) groups is 3. The van der Waals surface area contributed by atoms with Crippen molar-refractivity contribution < 1.29 is 18.8 Å². The van der Waals surface area contributed by atoms with Gasteiger partial charge in [0.25, 0.3) is 0 Å². The second-order valence-electron chi connectivity index (χ2n) is 11.2. The molecule has 4 amide bonds. The van der Waals surface area contributed by atoms with Gasteiger partial charge >= 0.3 is 6.03 Å². The molecular weight excluding hydrogens is 515 g/mol. The van der Waals surface area contributed by atoms with Crippen molar-refractivity contribution in [3.05, 3.63) is 65.0 Å². The fourth-order valence-electron chi connectivity index (χ4n) is 5.71. The number of rotatable bonds is 7. The number of fused-ring (bicyclic) bond motifs is 1. The maximum absolute atomic E-state index is 14.4. The third-order valence-corrected chi connectivity index (χ3v) is 9.60. The van der Waals surface area contributed by atoms with Crippen molar-refractivity contribution in [1.29, 1.82) is 0 Å². The van der Waals surface area contributed by atoms with E-state index in [2.05, 4.69) is 19.2 Å². The minimum atomic E-state index is -0.487. The minimum absolute atomic E-state index is 0.0341.